The van der Waals surface area contributed by atoms with E-state index >= 15 is 0 Å². The Labute approximate surface area is 340 Å². The molecule has 0 saturated carbocycles. The fourth-order valence-electron chi connectivity index (χ4n) is 7.22. The number of aryl methyl sites for hydroxylation is 1. The van der Waals surface area contributed by atoms with Crippen LogP contribution in [0.25, 0.3) is 44.4 Å². The number of benzene rings is 4. The van der Waals surface area contributed by atoms with Crippen LogP contribution in [-0.2, 0) is 38.7 Å². The van der Waals surface area contributed by atoms with E-state index in [1.807, 2.05) is 51.1 Å². The Bertz CT molecular complexity index is 2390. The minimum Gasteiger partial charge on any atom is -0.509 e. The summed E-state index contributed by atoms with van der Waals surface area (Å²) in [4.78, 5) is 4.77. The van der Waals surface area contributed by atoms with Crippen LogP contribution in [0.2, 0.25) is 0 Å². The number of hydrogen-bond donors (Lipinski definition) is 0. The molecule has 0 aliphatic carbocycles. The van der Waals surface area contributed by atoms with Crippen LogP contribution < -0.4 is 9.47 Å². The topological polar surface area (TPSA) is 54.1 Å². The Balaban J connectivity index is 0.00000514. The van der Waals surface area contributed by atoms with Crippen molar-refractivity contribution in [3.05, 3.63) is 126 Å². The Morgan fingerprint density at radius 3 is 2.24 bits per heavy atom. The summed E-state index contributed by atoms with van der Waals surface area (Å²) in [6, 6.07) is 38.6. The number of fused-ring (bicyclic) bond motifs is 3. The molecule has 7 rings (SSSR count). The van der Waals surface area contributed by atoms with Crippen LogP contribution >= 0.6 is 0 Å². The van der Waals surface area contributed by atoms with Crippen LogP contribution in [0.4, 0.5) is 0 Å². The third-order valence-corrected chi connectivity index (χ3v) is 9.82. The summed E-state index contributed by atoms with van der Waals surface area (Å²) in [6.45, 7) is 17.4. The molecular weight excluding hydrogens is 771 g/mol. The van der Waals surface area contributed by atoms with Crippen molar-refractivity contribution in [1.29, 1.82) is 0 Å². The molecule has 0 aliphatic rings. The van der Waals surface area contributed by atoms with Crippen molar-refractivity contribution >= 4 is 21.8 Å². The van der Waals surface area contributed by atoms with Gasteiger partial charge < -0.3 is 14.0 Å². The average Bonchev–Trinajstić information content (AvgIpc) is 3.68. The summed E-state index contributed by atoms with van der Waals surface area (Å²) < 4.78 is 17.0. The zero-order chi connectivity index (χ0) is 38.0. The molecule has 3 aromatic heterocycles. The number of rotatable bonds is 12. The van der Waals surface area contributed by atoms with E-state index in [1.54, 1.807) is 6.20 Å². The first-order valence-corrected chi connectivity index (χ1v) is 19.5. The molecule has 3 heterocycles. The maximum Gasteiger partial charge on any atom is 2.00 e. The van der Waals surface area contributed by atoms with E-state index in [0.29, 0.717) is 11.5 Å². The summed E-state index contributed by atoms with van der Waals surface area (Å²) in [5, 5.41) is 7.42. The molecule has 0 spiro atoms. The van der Waals surface area contributed by atoms with Crippen molar-refractivity contribution in [2.75, 3.05) is 0 Å². The van der Waals surface area contributed by atoms with Crippen molar-refractivity contribution in [2.24, 2.45) is 0 Å². The number of aromatic nitrogens is 4. The van der Waals surface area contributed by atoms with E-state index in [0.717, 1.165) is 64.0 Å². The summed E-state index contributed by atoms with van der Waals surface area (Å²) in [6.07, 6.45) is 8.29. The van der Waals surface area contributed by atoms with E-state index in [4.69, 9.17) is 19.6 Å². The second-order valence-corrected chi connectivity index (χ2v) is 16.2. The first kappa shape index (κ1) is 40.0. The van der Waals surface area contributed by atoms with Gasteiger partial charge in [-0.15, -0.1) is 35.7 Å². The zero-order valence-electron chi connectivity index (χ0n) is 33.4. The summed E-state index contributed by atoms with van der Waals surface area (Å²) in [5.74, 6) is 2.71. The standard InChI is InChI=1S/C48H52N4O2.Pd/c1-9-11-12-13-21-43-46(33-22-24-34(25-23-33)47(3,4)5)41(10-2)50-52(43)35-17-16-18-36(30-35)53-37-26-27-40-39-19-14-15-20-42(39)51(44(40)31-37)45-32-38(28-29-49-45)54-48(6,7)8;/h14-20,22-29,32H,9-13,21H2,1-8H3;/q-2;+2. The van der Waals surface area contributed by atoms with E-state index in [2.05, 4.69) is 117 Å². The van der Waals surface area contributed by atoms with Gasteiger partial charge in [-0.2, -0.15) is 17.2 Å². The van der Waals surface area contributed by atoms with Crippen molar-refractivity contribution < 1.29 is 29.9 Å². The number of unbranched alkanes of at least 4 members (excludes halogenated alkanes) is 3. The molecular formula is C48H52N4O2Pd. The minimum atomic E-state index is -0.332. The van der Waals surface area contributed by atoms with Gasteiger partial charge in [0.25, 0.3) is 0 Å². The molecule has 55 heavy (non-hydrogen) atoms. The molecule has 0 fully saturated rings. The fourth-order valence-corrected chi connectivity index (χ4v) is 7.22. The van der Waals surface area contributed by atoms with Gasteiger partial charge in [0, 0.05) is 40.5 Å². The van der Waals surface area contributed by atoms with Gasteiger partial charge in [0.05, 0.1) is 5.69 Å². The molecule has 0 bridgehead atoms. The third-order valence-electron chi connectivity index (χ3n) is 9.82. The molecule has 0 N–H and O–H groups in total. The fraction of sp³-hybridized carbons (Fsp3) is 0.333. The molecule has 7 aromatic rings. The third kappa shape index (κ3) is 8.75. The van der Waals surface area contributed by atoms with Crippen LogP contribution in [0, 0.1) is 12.1 Å². The summed E-state index contributed by atoms with van der Waals surface area (Å²) in [7, 11) is 0. The molecule has 6 nitrogen and oxygen atoms in total. The zero-order valence-corrected chi connectivity index (χ0v) is 35.0. The van der Waals surface area contributed by atoms with Gasteiger partial charge in [-0.25, -0.2) is 4.98 Å². The van der Waals surface area contributed by atoms with E-state index in [9.17, 15) is 0 Å². The molecule has 0 amide bonds. The normalized spacial score (nSPS) is 11.9. The molecule has 0 atom stereocenters. The predicted octanol–water partition coefficient (Wildman–Crippen LogP) is 12.6. The van der Waals surface area contributed by atoms with Crippen molar-refractivity contribution in [1.82, 2.24) is 19.3 Å². The van der Waals surface area contributed by atoms with Gasteiger partial charge in [0.15, 0.2) is 0 Å². The van der Waals surface area contributed by atoms with Gasteiger partial charge >= 0.3 is 20.4 Å². The van der Waals surface area contributed by atoms with Gasteiger partial charge in [0.2, 0.25) is 0 Å². The maximum absolute atomic E-state index is 6.56. The SMILES string of the molecule is CCCCCCc1c(-c2ccc(C(C)(C)C)cc2)c(CC)nn1-c1[c-]c(Oc2[c-]c3c(cc2)c2ccccc2n3-c2cc(OC(C)(C)C)ccn2)ccc1.[Pd+2]. The van der Waals surface area contributed by atoms with Crippen LogP contribution in [0.5, 0.6) is 17.2 Å². The predicted molar refractivity (Wildman–Crippen MR) is 222 cm³/mol. The molecule has 7 heteroatoms. The quantitative estimate of drug-likeness (QED) is 0.0700. The monoisotopic (exact) mass is 822 g/mol. The summed E-state index contributed by atoms with van der Waals surface area (Å²) >= 11 is 0. The smallest absolute Gasteiger partial charge is 0.509 e. The second kappa shape index (κ2) is 16.6. The second-order valence-electron chi connectivity index (χ2n) is 16.2. The van der Waals surface area contributed by atoms with Gasteiger partial charge in [0.1, 0.15) is 17.2 Å². The van der Waals surface area contributed by atoms with Crippen LogP contribution in [0.15, 0.2) is 97.2 Å². The van der Waals surface area contributed by atoms with Gasteiger partial charge in [-0.1, -0.05) is 102 Å². The largest absolute Gasteiger partial charge is 2.00 e. The molecule has 0 saturated heterocycles. The van der Waals surface area contributed by atoms with E-state index < -0.39 is 0 Å². The first-order chi connectivity index (χ1) is 25.9. The van der Waals surface area contributed by atoms with Crippen molar-refractivity contribution in [2.45, 2.75) is 105 Å². The van der Waals surface area contributed by atoms with Crippen LogP contribution in [-0.4, -0.2) is 24.9 Å². The molecule has 0 aliphatic heterocycles. The number of ether oxygens (including phenoxy) is 2. The number of hydrogen-bond acceptors (Lipinski definition) is 4. The Kier molecular flexibility index (Phi) is 12.0. The molecule has 4 aromatic carbocycles. The van der Waals surface area contributed by atoms with Gasteiger partial charge in [-0.05, 0) is 79.8 Å². The Morgan fingerprint density at radius 1 is 0.745 bits per heavy atom. The number of nitrogens with zero attached hydrogens (tertiary/aromatic N) is 4. The average molecular weight is 823 g/mol. The van der Waals surface area contributed by atoms with Crippen LogP contribution in [0.1, 0.15) is 98.0 Å². The number of para-hydroxylation sites is 1. The molecule has 0 unspecified atom stereocenters. The van der Waals surface area contributed by atoms with Crippen molar-refractivity contribution in [3.63, 3.8) is 0 Å². The first-order valence-electron chi connectivity index (χ1n) is 19.5. The van der Waals surface area contributed by atoms with Crippen LogP contribution in [0.3, 0.4) is 0 Å². The minimum absolute atomic E-state index is 0. The summed E-state index contributed by atoms with van der Waals surface area (Å²) in [5.41, 5.74) is 8.64. The van der Waals surface area contributed by atoms with E-state index in [-0.39, 0.29) is 31.4 Å². The van der Waals surface area contributed by atoms with E-state index in [1.165, 1.54) is 41.6 Å². The number of pyridine rings is 1. The maximum atomic E-state index is 6.56. The molecule has 286 valence electrons. The van der Waals surface area contributed by atoms with Crippen molar-refractivity contribution in [3.8, 4) is 39.9 Å². The Morgan fingerprint density at radius 2 is 1.51 bits per heavy atom. The molecule has 0 radical (unpaired) electrons. The Hall–Kier alpha value is -4.70. The van der Waals surface area contributed by atoms with Gasteiger partial charge in [-0.3, -0.25) is 4.68 Å².